The lowest BCUT2D eigenvalue weighted by Crippen LogP contribution is -2.51. The summed E-state index contributed by atoms with van der Waals surface area (Å²) in [6.07, 6.45) is 2.19. The van der Waals surface area contributed by atoms with E-state index in [-0.39, 0.29) is 5.60 Å². The van der Waals surface area contributed by atoms with Crippen LogP contribution in [0.1, 0.15) is 18.4 Å². The van der Waals surface area contributed by atoms with Crippen molar-refractivity contribution < 1.29 is 9.47 Å². The van der Waals surface area contributed by atoms with Gasteiger partial charge in [0.2, 0.25) is 0 Å². The van der Waals surface area contributed by atoms with Crippen molar-refractivity contribution in [1.82, 2.24) is 4.90 Å². The molecule has 0 atom stereocenters. The van der Waals surface area contributed by atoms with Gasteiger partial charge in [-0.1, -0.05) is 30.3 Å². The number of hydrogen-bond donors (Lipinski definition) is 0. The monoisotopic (exact) mass is 247 g/mol. The molecule has 2 aliphatic rings. The van der Waals surface area contributed by atoms with Gasteiger partial charge in [0.05, 0.1) is 25.4 Å². The largest absolute Gasteiger partial charge is 0.376 e. The average molecular weight is 247 g/mol. The summed E-state index contributed by atoms with van der Waals surface area (Å²) in [4.78, 5) is 2.51. The van der Waals surface area contributed by atoms with Crippen LogP contribution in [0.2, 0.25) is 0 Å². The van der Waals surface area contributed by atoms with Gasteiger partial charge in [0, 0.05) is 19.6 Å². The third kappa shape index (κ3) is 2.74. The van der Waals surface area contributed by atoms with Crippen LogP contribution in [0.15, 0.2) is 30.3 Å². The fourth-order valence-electron chi connectivity index (χ4n) is 2.87. The van der Waals surface area contributed by atoms with Gasteiger partial charge in [0.1, 0.15) is 0 Å². The van der Waals surface area contributed by atoms with Gasteiger partial charge >= 0.3 is 0 Å². The molecule has 3 heteroatoms. The van der Waals surface area contributed by atoms with Crippen LogP contribution in [0.5, 0.6) is 0 Å². The molecule has 0 bridgehead atoms. The van der Waals surface area contributed by atoms with E-state index < -0.39 is 0 Å². The van der Waals surface area contributed by atoms with Gasteiger partial charge < -0.3 is 9.47 Å². The molecule has 0 radical (unpaired) electrons. The first-order valence-corrected chi connectivity index (χ1v) is 6.84. The van der Waals surface area contributed by atoms with Crippen molar-refractivity contribution in [3.63, 3.8) is 0 Å². The molecule has 2 saturated heterocycles. The van der Waals surface area contributed by atoms with E-state index in [0.29, 0.717) is 0 Å². The average Bonchev–Trinajstić information content (AvgIpc) is 2.44. The molecule has 0 unspecified atom stereocenters. The predicted octanol–water partition coefficient (Wildman–Crippen LogP) is 2.07. The zero-order valence-electron chi connectivity index (χ0n) is 10.8. The quantitative estimate of drug-likeness (QED) is 0.798. The molecule has 2 heterocycles. The van der Waals surface area contributed by atoms with Gasteiger partial charge in [-0.3, -0.25) is 4.90 Å². The molecule has 0 amide bonds. The fraction of sp³-hybridized carbons (Fsp3) is 0.600. The van der Waals surface area contributed by atoms with Gasteiger partial charge in [-0.15, -0.1) is 0 Å². The zero-order valence-corrected chi connectivity index (χ0v) is 10.8. The van der Waals surface area contributed by atoms with Crippen LogP contribution in [0.4, 0.5) is 0 Å². The van der Waals surface area contributed by atoms with Crippen LogP contribution in [0.25, 0.3) is 0 Å². The van der Waals surface area contributed by atoms with Gasteiger partial charge in [-0.05, 0) is 18.4 Å². The molecule has 0 N–H and O–H groups in total. The van der Waals surface area contributed by atoms with Crippen molar-refractivity contribution in [1.29, 1.82) is 0 Å². The lowest BCUT2D eigenvalue weighted by molar-refractivity contribution is -0.177. The second kappa shape index (κ2) is 5.39. The van der Waals surface area contributed by atoms with Crippen LogP contribution in [0, 0.1) is 0 Å². The highest BCUT2D eigenvalue weighted by atomic mass is 16.6. The normalized spacial score (nSPS) is 24.2. The minimum Gasteiger partial charge on any atom is -0.376 e. The first-order valence-electron chi connectivity index (χ1n) is 6.84. The smallest absolute Gasteiger partial charge is 0.0940 e. The highest BCUT2D eigenvalue weighted by molar-refractivity contribution is 5.14. The Morgan fingerprint density at radius 3 is 2.50 bits per heavy atom. The Morgan fingerprint density at radius 2 is 1.83 bits per heavy atom. The summed E-state index contributed by atoms with van der Waals surface area (Å²) in [5.74, 6) is 0. The molecule has 1 aromatic rings. The number of benzene rings is 1. The number of ether oxygens (including phenoxy) is 2. The predicted molar refractivity (Wildman–Crippen MR) is 70.5 cm³/mol. The van der Waals surface area contributed by atoms with Crippen molar-refractivity contribution in [3.8, 4) is 0 Å². The van der Waals surface area contributed by atoms with Gasteiger partial charge in [0.15, 0.2) is 0 Å². The summed E-state index contributed by atoms with van der Waals surface area (Å²) in [5, 5.41) is 0. The second-order valence-corrected chi connectivity index (χ2v) is 5.35. The number of likely N-dealkylation sites (tertiary alicyclic amines) is 1. The third-order valence-electron chi connectivity index (χ3n) is 4.02. The SMILES string of the molecule is c1ccc(CN2CCC3(CC2)COCCO3)cc1. The Labute approximate surface area is 109 Å². The van der Waals surface area contributed by atoms with Crippen molar-refractivity contribution in [3.05, 3.63) is 35.9 Å². The van der Waals surface area contributed by atoms with E-state index in [1.54, 1.807) is 0 Å². The van der Waals surface area contributed by atoms with Crippen LogP contribution < -0.4 is 0 Å². The standard InChI is InChI=1S/C15H21NO2/c1-2-4-14(5-3-1)12-16-8-6-15(7-9-16)13-17-10-11-18-15/h1-5H,6-13H2. The Morgan fingerprint density at radius 1 is 1.06 bits per heavy atom. The summed E-state index contributed by atoms with van der Waals surface area (Å²) in [6.45, 7) is 5.58. The number of rotatable bonds is 2. The Balaban J connectivity index is 1.54. The molecule has 3 rings (SSSR count). The lowest BCUT2D eigenvalue weighted by Gasteiger charge is -2.43. The molecular weight excluding hydrogens is 226 g/mol. The van der Waals surface area contributed by atoms with Crippen molar-refractivity contribution in [2.24, 2.45) is 0 Å². The third-order valence-corrected chi connectivity index (χ3v) is 4.02. The zero-order chi connectivity index (χ0) is 12.3. The summed E-state index contributed by atoms with van der Waals surface area (Å²) in [5.41, 5.74) is 1.42. The maximum absolute atomic E-state index is 5.95. The Bertz CT molecular complexity index is 363. The number of hydrogen-bond acceptors (Lipinski definition) is 3. The van der Waals surface area contributed by atoms with Crippen molar-refractivity contribution in [2.45, 2.75) is 25.0 Å². The number of piperidine rings is 1. The molecule has 0 aromatic heterocycles. The molecule has 0 aliphatic carbocycles. The Hall–Kier alpha value is -0.900. The second-order valence-electron chi connectivity index (χ2n) is 5.35. The maximum atomic E-state index is 5.95. The summed E-state index contributed by atoms with van der Waals surface area (Å²) in [6, 6.07) is 10.7. The summed E-state index contributed by atoms with van der Waals surface area (Å²) in [7, 11) is 0. The van der Waals surface area contributed by atoms with E-state index in [1.165, 1.54) is 5.56 Å². The first kappa shape index (κ1) is 12.2. The van der Waals surface area contributed by atoms with E-state index >= 15 is 0 Å². The minimum atomic E-state index is 0.0193. The molecule has 1 spiro atoms. The highest BCUT2D eigenvalue weighted by Gasteiger charge is 2.37. The molecule has 18 heavy (non-hydrogen) atoms. The molecule has 2 aliphatic heterocycles. The lowest BCUT2D eigenvalue weighted by atomic mass is 9.91. The minimum absolute atomic E-state index is 0.0193. The van der Waals surface area contributed by atoms with Crippen LogP contribution in [-0.4, -0.2) is 43.4 Å². The molecule has 1 aromatic carbocycles. The Kier molecular flexibility index (Phi) is 3.64. The van der Waals surface area contributed by atoms with Gasteiger partial charge in [0.25, 0.3) is 0 Å². The van der Waals surface area contributed by atoms with E-state index in [4.69, 9.17) is 9.47 Å². The van der Waals surface area contributed by atoms with Crippen LogP contribution in [0.3, 0.4) is 0 Å². The van der Waals surface area contributed by atoms with E-state index in [2.05, 4.69) is 35.2 Å². The van der Waals surface area contributed by atoms with Gasteiger partial charge in [-0.25, -0.2) is 0 Å². The topological polar surface area (TPSA) is 21.7 Å². The van der Waals surface area contributed by atoms with E-state index in [1.807, 2.05) is 0 Å². The first-order chi connectivity index (χ1) is 8.86. The van der Waals surface area contributed by atoms with Crippen LogP contribution >= 0.6 is 0 Å². The van der Waals surface area contributed by atoms with Crippen molar-refractivity contribution in [2.75, 3.05) is 32.9 Å². The van der Waals surface area contributed by atoms with E-state index in [9.17, 15) is 0 Å². The highest BCUT2D eigenvalue weighted by Crippen LogP contribution is 2.29. The number of nitrogens with zero attached hydrogens (tertiary/aromatic N) is 1. The van der Waals surface area contributed by atoms with E-state index in [0.717, 1.165) is 52.3 Å². The molecule has 3 nitrogen and oxygen atoms in total. The summed E-state index contributed by atoms with van der Waals surface area (Å²) >= 11 is 0. The molecule has 98 valence electrons. The molecular formula is C15H21NO2. The fourth-order valence-corrected chi connectivity index (χ4v) is 2.87. The van der Waals surface area contributed by atoms with Gasteiger partial charge in [-0.2, -0.15) is 0 Å². The molecule has 0 saturated carbocycles. The van der Waals surface area contributed by atoms with Crippen LogP contribution in [-0.2, 0) is 16.0 Å². The maximum Gasteiger partial charge on any atom is 0.0940 e. The molecule has 2 fully saturated rings. The van der Waals surface area contributed by atoms with Crippen molar-refractivity contribution >= 4 is 0 Å². The summed E-state index contributed by atoms with van der Waals surface area (Å²) < 4.78 is 11.5.